The molecule has 1 unspecified atom stereocenters. The van der Waals surface area contributed by atoms with E-state index < -0.39 is 5.60 Å². The lowest BCUT2D eigenvalue weighted by Crippen LogP contribution is -2.24. The van der Waals surface area contributed by atoms with Crippen LogP contribution in [-0.2, 0) is 5.60 Å². The third-order valence-electron chi connectivity index (χ3n) is 3.55. The molecule has 0 aromatic heterocycles. The number of hydrogen-bond donors (Lipinski definition) is 1. The molecule has 0 aliphatic heterocycles. The molecule has 2 nitrogen and oxygen atoms in total. The zero-order valence-electron chi connectivity index (χ0n) is 11.9. The summed E-state index contributed by atoms with van der Waals surface area (Å²) in [5, 5.41) is 10.9. The molecule has 0 fully saturated rings. The Morgan fingerprint density at radius 3 is 2.47 bits per heavy atom. The van der Waals surface area contributed by atoms with Crippen LogP contribution in [0, 0.1) is 13.8 Å². The average molecular weight is 256 g/mol. The van der Waals surface area contributed by atoms with Crippen LogP contribution < -0.4 is 4.74 Å². The molecule has 2 aromatic rings. The molecular weight excluding hydrogens is 236 g/mol. The Kier molecular flexibility index (Phi) is 3.63. The molecule has 2 rings (SSSR count). The standard InChI is InChI=1S/C17H20O2/c1-12-8-9-13(2)16(10-12)17(3,18)14-6-5-7-15(11-14)19-4/h5-11,18H,1-4H3. The Balaban J connectivity index is 2.54. The van der Waals surface area contributed by atoms with E-state index in [1.54, 1.807) is 7.11 Å². The first kappa shape index (κ1) is 13.6. The molecule has 1 N–H and O–H groups in total. The summed E-state index contributed by atoms with van der Waals surface area (Å²) in [6.45, 7) is 5.87. The predicted molar refractivity (Wildman–Crippen MR) is 77.6 cm³/mol. The van der Waals surface area contributed by atoms with E-state index in [0.717, 1.165) is 28.0 Å². The maximum Gasteiger partial charge on any atom is 0.119 e. The summed E-state index contributed by atoms with van der Waals surface area (Å²) in [6.07, 6.45) is 0. The maximum absolute atomic E-state index is 10.9. The Hall–Kier alpha value is -1.80. The summed E-state index contributed by atoms with van der Waals surface area (Å²) in [6, 6.07) is 13.7. The zero-order valence-corrected chi connectivity index (χ0v) is 11.9. The van der Waals surface area contributed by atoms with E-state index in [2.05, 4.69) is 6.07 Å². The van der Waals surface area contributed by atoms with Gasteiger partial charge in [0.25, 0.3) is 0 Å². The van der Waals surface area contributed by atoms with Crippen molar-refractivity contribution < 1.29 is 9.84 Å². The topological polar surface area (TPSA) is 29.5 Å². The molecule has 0 bridgehead atoms. The van der Waals surface area contributed by atoms with Gasteiger partial charge in [-0.15, -0.1) is 0 Å². The Bertz CT molecular complexity index is 586. The first-order chi connectivity index (χ1) is 8.95. The highest BCUT2D eigenvalue weighted by Gasteiger charge is 2.27. The predicted octanol–water partition coefficient (Wildman–Crippen LogP) is 3.57. The number of hydrogen-bond acceptors (Lipinski definition) is 2. The second kappa shape index (κ2) is 5.06. The first-order valence-corrected chi connectivity index (χ1v) is 6.40. The van der Waals surface area contributed by atoms with Crippen molar-refractivity contribution in [3.8, 4) is 5.75 Å². The third kappa shape index (κ3) is 2.64. The number of methoxy groups -OCH3 is 1. The zero-order chi connectivity index (χ0) is 14.0. The lowest BCUT2D eigenvalue weighted by Gasteiger charge is -2.27. The quantitative estimate of drug-likeness (QED) is 0.909. The SMILES string of the molecule is COc1cccc(C(C)(O)c2cc(C)ccc2C)c1. The molecule has 0 saturated heterocycles. The van der Waals surface area contributed by atoms with Crippen molar-refractivity contribution in [3.63, 3.8) is 0 Å². The smallest absolute Gasteiger partial charge is 0.119 e. The van der Waals surface area contributed by atoms with Crippen molar-refractivity contribution in [2.24, 2.45) is 0 Å². The van der Waals surface area contributed by atoms with Gasteiger partial charge in [0.1, 0.15) is 11.4 Å². The highest BCUT2D eigenvalue weighted by molar-refractivity contribution is 5.43. The van der Waals surface area contributed by atoms with Gasteiger partial charge in [-0.1, -0.05) is 35.9 Å². The molecule has 2 aromatic carbocycles. The number of ether oxygens (including phenoxy) is 1. The molecule has 0 spiro atoms. The van der Waals surface area contributed by atoms with Crippen molar-refractivity contribution in [1.29, 1.82) is 0 Å². The second-order valence-corrected chi connectivity index (χ2v) is 5.12. The van der Waals surface area contributed by atoms with Gasteiger partial charge in [-0.25, -0.2) is 0 Å². The van der Waals surface area contributed by atoms with Gasteiger partial charge in [0, 0.05) is 0 Å². The normalized spacial score (nSPS) is 13.9. The second-order valence-electron chi connectivity index (χ2n) is 5.12. The Labute approximate surface area is 114 Å². The van der Waals surface area contributed by atoms with Gasteiger partial charge in [-0.3, -0.25) is 0 Å². The van der Waals surface area contributed by atoms with Gasteiger partial charge in [0.2, 0.25) is 0 Å². The third-order valence-corrected chi connectivity index (χ3v) is 3.55. The molecule has 0 saturated carbocycles. The van der Waals surface area contributed by atoms with Crippen LogP contribution in [0.4, 0.5) is 0 Å². The van der Waals surface area contributed by atoms with Gasteiger partial charge in [-0.2, -0.15) is 0 Å². The molecule has 19 heavy (non-hydrogen) atoms. The molecule has 0 radical (unpaired) electrons. The molecule has 2 heteroatoms. The lowest BCUT2D eigenvalue weighted by atomic mass is 9.85. The monoisotopic (exact) mass is 256 g/mol. The summed E-state index contributed by atoms with van der Waals surface area (Å²) < 4.78 is 5.23. The molecule has 0 aliphatic carbocycles. The van der Waals surface area contributed by atoms with Crippen molar-refractivity contribution in [1.82, 2.24) is 0 Å². The Morgan fingerprint density at radius 2 is 1.79 bits per heavy atom. The maximum atomic E-state index is 10.9. The van der Waals surface area contributed by atoms with Gasteiger partial charge in [0.05, 0.1) is 7.11 Å². The van der Waals surface area contributed by atoms with Gasteiger partial charge in [0.15, 0.2) is 0 Å². The highest BCUT2D eigenvalue weighted by atomic mass is 16.5. The number of rotatable bonds is 3. The van der Waals surface area contributed by atoms with Crippen LogP contribution in [-0.4, -0.2) is 12.2 Å². The van der Waals surface area contributed by atoms with Crippen LogP contribution >= 0.6 is 0 Å². The molecule has 1 atom stereocenters. The van der Waals surface area contributed by atoms with Crippen LogP contribution in [0.5, 0.6) is 5.75 Å². The Morgan fingerprint density at radius 1 is 1.05 bits per heavy atom. The van der Waals surface area contributed by atoms with Gasteiger partial charge in [-0.05, 0) is 49.6 Å². The van der Waals surface area contributed by atoms with E-state index in [4.69, 9.17) is 4.74 Å². The molecule has 0 heterocycles. The van der Waals surface area contributed by atoms with E-state index in [9.17, 15) is 5.11 Å². The van der Waals surface area contributed by atoms with E-state index in [1.165, 1.54) is 0 Å². The van der Waals surface area contributed by atoms with Crippen LogP contribution in [0.25, 0.3) is 0 Å². The minimum Gasteiger partial charge on any atom is -0.497 e. The summed E-state index contributed by atoms with van der Waals surface area (Å²) in [4.78, 5) is 0. The molecular formula is C17H20O2. The van der Waals surface area contributed by atoms with Crippen LogP contribution in [0.1, 0.15) is 29.2 Å². The number of aliphatic hydroxyl groups is 1. The fourth-order valence-corrected chi connectivity index (χ4v) is 2.34. The van der Waals surface area contributed by atoms with Crippen LogP contribution in [0.2, 0.25) is 0 Å². The van der Waals surface area contributed by atoms with Crippen LogP contribution in [0.3, 0.4) is 0 Å². The van der Waals surface area contributed by atoms with Gasteiger partial charge < -0.3 is 9.84 Å². The van der Waals surface area contributed by atoms with E-state index >= 15 is 0 Å². The van der Waals surface area contributed by atoms with Crippen molar-refractivity contribution >= 4 is 0 Å². The summed E-state index contributed by atoms with van der Waals surface area (Å²) >= 11 is 0. The molecule has 0 aliphatic rings. The summed E-state index contributed by atoms with van der Waals surface area (Å²) in [5.41, 5.74) is 2.97. The van der Waals surface area contributed by atoms with Crippen molar-refractivity contribution in [2.45, 2.75) is 26.4 Å². The lowest BCUT2D eigenvalue weighted by molar-refractivity contribution is 0.101. The average Bonchev–Trinajstić information content (AvgIpc) is 2.41. The van der Waals surface area contributed by atoms with E-state index in [-0.39, 0.29) is 0 Å². The summed E-state index contributed by atoms with van der Waals surface area (Å²) in [5.74, 6) is 0.753. The summed E-state index contributed by atoms with van der Waals surface area (Å²) in [7, 11) is 1.63. The number of aryl methyl sites for hydroxylation is 2. The highest BCUT2D eigenvalue weighted by Crippen LogP contribution is 2.33. The van der Waals surface area contributed by atoms with E-state index in [1.807, 2.05) is 57.2 Å². The fourth-order valence-electron chi connectivity index (χ4n) is 2.34. The molecule has 100 valence electrons. The minimum atomic E-state index is -1.02. The first-order valence-electron chi connectivity index (χ1n) is 6.40. The molecule has 0 amide bonds. The van der Waals surface area contributed by atoms with Crippen molar-refractivity contribution in [2.75, 3.05) is 7.11 Å². The minimum absolute atomic E-state index is 0.753. The largest absolute Gasteiger partial charge is 0.497 e. The fraction of sp³-hybridized carbons (Fsp3) is 0.294. The van der Waals surface area contributed by atoms with Crippen molar-refractivity contribution in [3.05, 3.63) is 64.7 Å². The number of benzene rings is 2. The van der Waals surface area contributed by atoms with E-state index in [0.29, 0.717) is 0 Å². The van der Waals surface area contributed by atoms with Gasteiger partial charge >= 0.3 is 0 Å². The van der Waals surface area contributed by atoms with Crippen LogP contribution in [0.15, 0.2) is 42.5 Å².